The monoisotopic (exact) mass is 508 g/mol. The summed E-state index contributed by atoms with van der Waals surface area (Å²) < 4.78 is 16.8. The molecular weight excluding hydrogens is 472 g/mol. The molecule has 0 radical (unpaired) electrons. The molecule has 0 spiro atoms. The highest BCUT2D eigenvalue weighted by Gasteiger charge is 2.56. The number of hydrogen-bond donors (Lipinski definition) is 0. The van der Waals surface area contributed by atoms with Gasteiger partial charge in [0.2, 0.25) is 0 Å². The van der Waals surface area contributed by atoms with Gasteiger partial charge in [-0.15, -0.1) is 6.58 Å². The Morgan fingerprint density at radius 2 is 1.54 bits per heavy atom. The molecule has 1 aliphatic heterocycles. The van der Waals surface area contributed by atoms with Crippen molar-refractivity contribution in [3.63, 3.8) is 0 Å². The first kappa shape index (κ1) is 27.8. The third-order valence-electron chi connectivity index (χ3n) is 6.21. The van der Waals surface area contributed by atoms with Crippen molar-refractivity contribution in [1.82, 2.24) is 9.80 Å². The first-order chi connectivity index (χ1) is 17.6. The average molecular weight is 509 g/mol. The number of benzene rings is 2. The molecular formula is C29H36N2O6. The van der Waals surface area contributed by atoms with E-state index < -0.39 is 35.3 Å². The van der Waals surface area contributed by atoms with E-state index in [-0.39, 0.29) is 32.6 Å². The van der Waals surface area contributed by atoms with E-state index in [9.17, 15) is 14.4 Å². The molecule has 1 fully saturated rings. The predicted molar refractivity (Wildman–Crippen MR) is 140 cm³/mol. The van der Waals surface area contributed by atoms with E-state index in [1.807, 2.05) is 60.7 Å². The van der Waals surface area contributed by atoms with Crippen LogP contribution in [-0.2, 0) is 32.2 Å². The third-order valence-corrected chi connectivity index (χ3v) is 6.21. The first-order valence-corrected chi connectivity index (χ1v) is 12.3. The van der Waals surface area contributed by atoms with Crippen LogP contribution in [0.5, 0.6) is 0 Å². The number of amides is 2. The van der Waals surface area contributed by atoms with Crippen molar-refractivity contribution in [2.45, 2.75) is 64.0 Å². The van der Waals surface area contributed by atoms with Gasteiger partial charge in [-0.3, -0.25) is 4.90 Å². The summed E-state index contributed by atoms with van der Waals surface area (Å²) in [6, 6.07) is 18.1. The molecule has 0 N–H and O–H groups in total. The maximum absolute atomic E-state index is 13.6. The van der Waals surface area contributed by atoms with Gasteiger partial charge in [-0.05, 0) is 38.3 Å². The Morgan fingerprint density at radius 1 is 1.00 bits per heavy atom. The van der Waals surface area contributed by atoms with Crippen LogP contribution in [0, 0.1) is 0 Å². The Balaban J connectivity index is 1.86. The van der Waals surface area contributed by atoms with Gasteiger partial charge in [-0.2, -0.15) is 0 Å². The summed E-state index contributed by atoms with van der Waals surface area (Å²) >= 11 is 0. The lowest BCUT2D eigenvalue weighted by Crippen LogP contribution is -2.53. The van der Waals surface area contributed by atoms with Gasteiger partial charge in [0.15, 0.2) is 0 Å². The van der Waals surface area contributed by atoms with E-state index in [1.54, 1.807) is 33.9 Å². The van der Waals surface area contributed by atoms with E-state index >= 15 is 0 Å². The van der Waals surface area contributed by atoms with Crippen LogP contribution in [0.25, 0.3) is 0 Å². The highest BCUT2D eigenvalue weighted by molar-refractivity contribution is 5.87. The lowest BCUT2D eigenvalue weighted by molar-refractivity contribution is -0.157. The van der Waals surface area contributed by atoms with Crippen LogP contribution in [0.2, 0.25) is 0 Å². The van der Waals surface area contributed by atoms with E-state index in [2.05, 4.69) is 6.58 Å². The summed E-state index contributed by atoms with van der Waals surface area (Å²) in [7, 11) is 1.60. The summed E-state index contributed by atoms with van der Waals surface area (Å²) in [6.45, 7) is 9.35. The summed E-state index contributed by atoms with van der Waals surface area (Å²) in [5.41, 5.74) is -0.433. The number of ether oxygens (including phenoxy) is 3. The Hall–Kier alpha value is -3.81. The number of carbonyl (C=O) groups is 3. The zero-order chi connectivity index (χ0) is 27.1. The molecule has 8 heteroatoms. The Kier molecular flexibility index (Phi) is 8.97. The Morgan fingerprint density at radius 3 is 2.05 bits per heavy atom. The maximum atomic E-state index is 13.6. The molecule has 1 aliphatic rings. The number of rotatable bonds is 8. The van der Waals surface area contributed by atoms with Crippen LogP contribution in [0.4, 0.5) is 9.59 Å². The second-order valence-corrected chi connectivity index (χ2v) is 10.2. The molecule has 0 saturated carbocycles. The number of esters is 1. The van der Waals surface area contributed by atoms with Gasteiger partial charge in [0.25, 0.3) is 0 Å². The van der Waals surface area contributed by atoms with Gasteiger partial charge in [0.1, 0.15) is 24.4 Å². The fourth-order valence-corrected chi connectivity index (χ4v) is 4.31. The predicted octanol–water partition coefficient (Wildman–Crippen LogP) is 5.32. The van der Waals surface area contributed by atoms with E-state index in [1.165, 1.54) is 9.80 Å². The lowest BCUT2D eigenvalue weighted by atomic mass is 9.90. The highest BCUT2D eigenvalue weighted by Crippen LogP contribution is 2.37. The minimum atomic E-state index is -1.38. The quantitative estimate of drug-likeness (QED) is 0.272. The fraction of sp³-hybridized carbons (Fsp3) is 0.414. The summed E-state index contributed by atoms with van der Waals surface area (Å²) in [5.74, 6) is -0.576. The van der Waals surface area contributed by atoms with Crippen LogP contribution < -0.4 is 0 Å². The molecule has 2 amide bonds. The molecule has 2 atom stereocenters. The van der Waals surface area contributed by atoms with Gasteiger partial charge >= 0.3 is 18.2 Å². The van der Waals surface area contributed by atoms with Crippen molar-refractivity contribution in [2.24, 2.45) is 0 Å². The third kappa shape index (κ3) is 7.12. The first-order valence-electron chi connectivity index (χ1n) is 12.3. The molecule has 2 aromatic rings. The molecule has 0 bridgehead atoms. The zero-order valence-electron chi connectivity index (χ0n) is 22.0. The molecule has 2 aromatic carbocycles. The number of nitrogens with zero attached hydrogens (tertiary/aromatic N) is 2. The largest absolute Gasteiger partial charge is 0.459 e. The van der Waals surface area contributed by atoms with Crippen LogP contribution in [-0.4, -0.2) is 58.7 Å². The number of carbonyl (C=O) groups excluding carboxylic acids is 3. The molecule has 0 aromatic heterocycles. The van der Waals surface area contributed by atoms with Crippen molar-refractivity contribution >= 4 is 18.2 Å². The van der Waals surface area contributed by atoms with Crippen molar-refractivity contribution in [3.8, 4) is 0 Å². The minimum absolute atomic E-state index is 0.0476. The molecule has 1 unspecified atom stereocenters. The van der Waals surface area contributed by atoms with Gasteiger partial charge in [0, 0.05) is 20.0 Å². The second kappa shape index (κ2) is 12.0. The molecule has 1 saturated heterocycles. The molecule has 37 heavy (non-hydrogen) atoms. The number of likely N-dealkylation sites (N-methyl/N-ethyl adjacent to an activating group) is 1. The topological polar surface area (TPSA) is 85.4 Å². The molecule has 1 heterocycles. The van der Waals surface area contributed by atoms with E-state index in [4.69, 9.17) is 14.2 Å². The van der Waals surface area contributed by atoms with E-state index in [0.29, 0.717) is 0 Å². The maximum Gasteiger partial charge on any atom is 0.411 e. The molecule has 0 aliphatic carbocycles. The summed E-state index contributed by atoms with van der Waals surface area (Å²) in [4.78, 5) is 42.6. The van der Waals surface area contributed by atoms with Crippen LogP contribution in [0.15, 0.2) is 73.3 Å². The van der Waals surface area contributed by atoms with Crippen molar-refractivity contribution in [2.75, 3.05) is 13.6 Å². The van der Waals surface area contributed by atoms with Gasteiger partial charge in [-0.1, -0.05) is 66.7 Å². The SMILES string of the molecule is C=CCC1(C(=O)OCc2ccccc2)C[C@@H](N(C)C(=O)OC(C)(C)C)CN1C(=O)OCc1ccccc1. The molecule has 3 rings (SSSR count). The summed E-state index contributed by atoms with van der Waals surface area (Å²) in [6.07, 6.45) is 0.671. The van der Waals surface area contributed by atoms with Gasteiger partial charge < -0.3 is 19.1 Å². The smallest absolute Gasteiger partial charge is 0.411 e. The zero-order valence-corrected chi connectivity index (χ0v) is 22.0. The molecule has 198 valence electrons. The van der Waals surface area contributed by atoms with Crippen molar-refractivity contribution in [3.05, 3.63) is 84.4 Å². The van der Waals surface area contributed by atoms with Crippen LogP contribution in [0.1, 0.15) is 44.7 Å². The second-order valence-electron chi connectivity index (χ2n) is 10.2. The minimum Gasteiger partial charge on any atom is -0.459 e. The van der Waals surface area contributed by atoms with E-state index in [0.717, 1.165) is 11.1 Å². The van der Waals surface area contributed by atoms with Crippen molar-refractivity contribution in [1.29, 1.82) is 0 Å². The van der Waals surface area contributed by atoms with Crippen molar-refractivity contribution < 1.29 is 28.6 Å². The Bertz CT molecular complexity index is 1080. The highest BCUT2D eigenvalue weighted by atomic mass is 16.6. The average Bonchev–Trinajstić information content (AvgIpc) is 3.26. The fourth-order valence-electron chi connectivity index (χ4n) is 4.31. The van der Waals surface area contributed by atoms with Crippen LogP contribution in [0.3, 0.4) is 0 Å². The normalized spacial score (nSPS) is 19.1. The van der Waals surface area contributed by atoms with Crippen LogP contribution >= 0.6 is 0 Å². The standard InChI is InChI=1S/C29H36N2O6/c1-6-17-29(25(32)35-20-22-13-9-7-10-14-22)18-24(30(5)26(33)37-28(2,3)4)19-31(29)27(34)36-21-23-15-11-8-12-16-23/h6-16,24H,1,17-21H2,2-5H3/t24-,29?/m1/s1. The number of likely N-dealkylation sites (tertiary alicyclic amines) is 1. The van der Waals surface area contributed by atoms with Gasteiger partial charge in [0.05, 0.1) is 6.04 Å². The number of hydrogen-bond acceptors (Lipinski definition) is 6. The summed E-state index contributed by atoms with van der Waals surface area (Å²) in [5, 5.41) is 0. The van der Waals surface area contributed by atoms with Gasteiger partial charge in [-0.25, -0.2) is 14.4 Å². The lowest BCUT2D eigenvalue weighted by Gasteiger charge is -2.34. The molecule has 8 nitrogen and oxygen atoms in total. The Labute approximate surface area is 218 Å².